The molecule has 8 heteroatoms. The van der Waals surface area contributed by atoms with Gasteiger partial charge in [0, 0.05) is 11.8 Å². The van der Waals surface area contributed by atoms with Crippen LogP contribution < -0.4 is 11.1 Å². The topological polar surface area (TPSA) is 130 Å². The number of carboxylic acids is 1. The number of Topliss-reactive ketones (excluding diaryl/α,β-unsaturated/α-hetero) is 1. The second kappa shape index (κ2) is 20.3. The molecule has 0 aliphatic rings. The second-order valence-corrected chi connectivity index (χ2v) is 8.11. The molecule has 1 amide bonds. The largest absolute Gasteiger partial charge is 0.507 e. The van der Waals surface area contributed by atoms with Crippen molar-refractivity contribution in [1.82, 2.24) is 5.32 Å². The number of carbonyl (C=O) groups excluding carboxylic acids is 2. The van der Waals surface area contributed by atoms with Crippen molar-refractivity contribution >= 4 is 30.3 Å². The van der Waals surface area contributed by atoms with Gasteiger partial charge in [-0.3, -0.25) is 9.59 Å². The first kappa shape index (κ1) is 30.7. The smallest absolute Gasteiger partial charge is 0.328 e. The van der Waals surface area contributed by atoms with E-state index in [1.807, 2.05) is 6.08 Å². The van der Waals surface area contributed by atoms with Crippen LogP contribution >= 0.6 is 12.6 Å². The van der Waals surface area contributed by atoms with Crippen molar-refractivity contribution in [3.63, 3.8) is 0 Å². The molecule has 1 atom stereocenters. The predicted molar refractivity (Wildman–Crippen MR) is 136 cm³/mol. The van der Waals surface area contributed by atoms with Gasteiger partial charge in [-0.05, 0) is 25.0 Å². The highest BCUT2D eigenvalue weighted by atomic mass is 32.1. The van der Waals surface area contributed by atoms with E-state index < -0.39 is 29.5 Å². The van der Waals surface area contributed by atoms with Gasteiger partial charge in [0.1, 0.15) is 11.8 Å². The molecule has 186 valence electrons. The van der Waals surface area contributed by atoms with Gasteiger partial charge in [0.25, 0.3) is 0 Å². The fraction of sp³-hybridized carbons (Fsp3) is 0.560. The number of allylic oxidation sites excluding steroid dienone is 6. The van der Waals surface area contributed by atoms with Crippen LogP contribution in [0, 0.1) is 0 Å². The minimum atomic E-state index is -1.18. The number of aliphatic hydroxyl groups excluding tert-OH is 1. The molecule has 0 aliphatic carbocycles. The summed E-state index contributed by atoms with van der Waals surface area (Å²) in [5, 5.41) is 21.5. The molecular weight excluding hydrogens is 440 g/mol. The van der Waals surface area contributed by atoms with E-state index >= 15 is 0 Å². The molecule has 0 spiro atoms. The lowest BCUT2D eigenvalue weighted by molar-refractivity contribution is -0.131. The number of ketones is 1. The molecule has 0 bridgehead atoms. The zero-order valence-corrected chi connectivity index (χ0v) is 20.6. The fourth-order valence-electron chi connectivity index (χ4n) is 3.07. The van der Waals surface area contributed by atoms with Crippen LogP contribution in [0.15, 0.2) is 47.8 Å². The van der Waals surface area contributed by atoms with Crippen LogP contribution in [0.4, 0.5) is 0 Å². The number of unbranched alkanes of at least 4 members (excludes halogenated alkanes) is 9. The Hall–Kier alpha value is -2.32. The normalized spacial score (nSPS) is 13.5. The fourth-order valence-corrected chi connectivity index (χ4v) is 3.33. The van der Waals surface area contributed by atoms with Gasteiger partial charge in [-0.25, -0.2) is 4.79 Å². The molecule has 0 aromatic carbocycles. The molecule has 0 aromatic rings. The molecule has 0 aliphatic heterocycles. The SMILES string of the molecule is CCCCCCCCCCC/C=C\C=C(C(=O)C(CS)NC(=O)CN)C(O)=CC=CC(=O)O. The van der Waals surface area contributed by atoms with Gasteiger partial charge < -0.3 is 21.3 Å². The third kappa shape index (κ3) is 16.0. The average molecular weight is 481 g/mol. The van der Waals surface area contributed by atoms with Gasteiger partial charge in [0.05, 0.1) is 12.1 Å². The van der Waals surface area contributed by atoms with E-state index in [4.69, 9.17) is 10.8 Å². The minimum Gasteiger partial charge on any atom is -0.507 e. The third-order valence-electron chi connectivity index (χ3n) is 4.93. The summed E-state index contributed by atoms with van der Waals surface area (Å²) < 4.78 is 0. The van der Waals surface area contributed by atoms with Crippen molar-refractivity contribution in [3.05, 3.63) is 47.8 Å². The van der Waals surface area contributed by atoms with Gasteiger partial charge in [-0.15, -0.1) is 0 Å². The standard InChI is InChI=1S/C25H40N2O5S/c1-2-3-4-5-6-7-8-9-10-11-12-13-15-20(22(28)16-14-17-24(30)31)25(32)21(19-33)27-23(29)18-26/h12-17,21,28,33H,2-11,18-19,26H2,1H3,(H,27,29)(H,30,31)/b13-12-,17-14?,20-15?,22-16?. The number of aliphatic hydroxyl groups is 1. The lowest BCUT2D eigenvalue weighted by Gasteiger charge is -2.16. The van der Waals surface area contributed by atoms with Gasteiger partial charge >= 0.3 is 5.97 Å². The molecule has 7 nitrogen and oxygen atoms in total. The van der Waals surface area contributed by atoms with Crippen molar-refractivity contribution in [2.24, 2.45) is 5.73 Å². The monoisotopic (exact) mass is 480 g/mol. The van der Waals surface area contributed by atoms with Crippen LogP contribution in [-0.2, 0) is 14.4 Å². The summed E-state index contributed by atoms with van der Waals surface area (Å²) in [6, 6.07) is -0.972. The predicted octanol–water partition coefficient (Wildman–Crippen LogP) is 4.42. The summed E-state index contributed by atoms with van der Waals surface area (Å²) in [4.78, 5) is 35.1. The second-order valence-electron chi connectivity index (χ2n) is 7.75. The summed E-state index contributed by atoms with van der Waals surface area (Å²) in [5.74, 6) is -2.63. The highest BCUT2D eigenvalue weighted by Crippen LogP contribution is 2.14. The van der Waals surface area contributed by atoms with Gasteiger partial charge in [-0.1, -0.05) is 76.5 Å². The van der Waals surface area contributed by atoms with Crippen molar-refractivity contribution in [1.29, 1.82) is 0 Å². The Kier molecular flexibility index (Phi) is 18.9. The maximum absolute atomic E-state index is 12.8. The van der Waals surface area contributed by atoms with E-state index in [9.17, 15) is 19.5 Å². The number of carboxylic acid groups (broad SMARTS) is 1. The van der Waals surface area contributed by atoms with Gasteiger partial charge in [-0.2, -0.15) is 12.6 Å². The summed E-state index contributed by atoms with van der Waals surface area (Å²) >= 11 is 4.10. The number of hydrogen-bond acceptors (Lipinski definition) is 6. The average Bonchev–Trinajstić information content (AvgIpc) is 2.79. The molecule has 0 aromatic heterocycles. The molecule has 0 radical (unpaired) electrons. The van der Waals surface area contributed by atoms with E-state index in [0.29, 0.717) is 0 Å². The summed E-state index contributed by atoms with van der Waals surface area (Å²) in [6.45, 7) is 1.94. The molecule has 0 saturated carbocycles. The summed E-state index contributed by atoms with van der Waals surface area (Å²) in [6.07, 6.45) is 20.1. The van der Waals surface area contributed by atoms with E-state index in [1.165, 1.54) is 51.0 Å². The van der Waals surface area contributed by atoms with E-state index in [1.54, 1.807) is 6.08 Å². The minimum absolute atomic E-state index is 0.0162. The molecule has 0 fully saturated rings. The van der Waals surface area contributed by atoms with Crippen molar-refractivity contribution in [2.75, 3.05) is 12.3 Å². The Morgan fingerprint density at radius 3 is 2.09 bits per heavy atom. The quantitative estimate of drug-likeness (QED) is 0.0612. The lowest BCUT2D eigenvalue weighted by Crippen LogP contribution is -2.45. The summed E-state index contributed by atoms with van der Waals surface area (Å²) in [7, 11) is 0. The van der Waals surface area contributed by atoms with Crippen molar-refractivity contribution < 1.29 is 24.6 Å². The first-order chi connectivity index (χ1) is 15.9. The van der Waals surface area contributed by atoms with Crippen LogP contribution in [0.2, 0.25) is 0 Å². The summed E-state index contributed by atoms with van der Waals surface area (Å²) in [5.41, 5.74) is 5.24. The number of rotatable bonds is 19. The Bertz CT molecular complexity index is 714. The zero-order valence-electron chi connectivity index (χ0n) is 19.7. The first-order valence-corrected chi connectivity index (χ1v) is 12.3. The maximum atomic E-state index is 12.8. The van der Waals surface area contributed by atoms with Crippen molar-refractivity contribution in [3.8, 4) is 0 Å². The number of amides is 1. The maximum Gasteiger partial charge on any atom is 0.328 e. The molecule has 0 saturated heterocycles. The zero-order chi connectivity index (χ0) is 24.9. The van der Waals surface area contributed by atoms with Crippen LogP contribution in [0.25, 0.3) is 0 Å². The number of thiol groups is 1. The molecule has 0 rings (SSSR count). The molecule has 1 unspecified atom stereocenters. The highest BCUT2D eigenvalue weighted by Gasteiger charge is 2.24. The molecule has 0 heterocycles. The number of nitrogens with two attached hydrogens (primary N) is 1. The number of carbonyl (C=O) groups is 3. The Balaban J connectivity index is 4.95. The number of nitrogens with one attached hydrogen (secondary N) is 1. The molecule has 5 N–H and O–H groups in total. The first-order valence-electron chi connectivity index (χ1n) is 11.7. The van der Waals surface area contributed by atoms with Crippen molar-refractivity contribution in [2.45, 2.75) is 77.2 Å². The number of hydrogen-bond donors (Lipinski definition) is 5. The van der Waals surface area contributed by atoms with Crippen LogP contribution in [0.5, 0.6) is 0 Å². The van der Waals surface area contributed by atoms with E-state index in [-0.39, 0.29) is 17.9 Å². The van der Waals surface area contributed by atoms with Crippen LogP contribution in [0.1, 0.15) is 71.1 Å². The molecular formula is C25H40N2O5S. The van der Waals surface area contributed by atoms with Crippen LogP contribution in [-0.4, -0.2) is 46.2 Å². The lowest BCUT2D eigenvalue weighted by atomic mass is 10.0. The van der Waals surface area contributed by atoms with E-state index in [0.717, 1.165) is 37.5 Å². The number of aliphatic carboxylic acids is 1. The molecule has 33 heavy (non-hydrogen) atoms. The van der Waals surface area contributed by atoms with Gasteiger partial charge in [0.2, 0.25) is 5.91 Å². The Morgan fingerprint density at radius 2 is 1.55 bits per heavy atom. The van der Waals surface area contributed by atoms with Gasteiger partial charge in [0.15, 0.2) is 5.78 Å². The van der Waals surface area contributed by atoms with Crippen LogP contribution in [0.3, 0.4) is 0 Å². The Morgan fingerprint density at radius 1 is 0.939 bits per heavy atom. The van der Waals surface area contributed by atoms with E-state index in [2.05, 4.69) is 24.9 Å². The highest BCUT2D eigenvalue weighted by molar-refractivity contribution is 7.80. The third-order valence-corrected chi connectivity index (χ3v) is 5.29. The Labute approximate surface area is 203 Å².